The van der Waals surface area contributed by atoms with Gasteiger partial charge in [-0.05, 0) is 67.3 Å². The molecule has 0 saturated carbocycles. The van der Waals surface area contributed by atoms with Gasteiger partial charge in [0.1, 0.15) is 6.10 Å². The lowest BCUT2D eigenvalue weighted by molar-refractivity contribution is -0.161. The SMILES string of the molecule is CCC(CC)(C(=O)O)[C@H]1C[C@@H](C)C=C2C=C[C@H](C)[C@H](CC[C@@H]3C[C@@H](O)CC(=O)O3)[C@@H]21. The Kier molecular flexibility index (Phi) is 7.11. The number of esters is 1. The van der Waals surface area contributed by atoms with Crippen molar-refractivity contribution >= 4 is 11.9 Å². The van der Waals surface area contributed by atoms with E-state index in [1.165, 1.54) is 5.57 Å². The van der Waals surface area contributed by atoms with Gasteiger partial charge in [-0.2, -0.15) is 0 Å². The molecular weight excluding hydrogens is 380 g/mol. The fourth-order valence-electron chi connectivity index (χ4n) is 6.40. The van der Waals surface area contributed by atoms with Crippen LogP contribution in [0.25, 0.3) is 0 Å². The van der Waals surface area contributed by atoms with E-state index in [0.29, 0.717) is 37.0 Å². The molecule has 168 valence electrons. The summed E-state index contributed by atoms with van der Waals surface area (Å²) in [5.74, 6) is 0.337. The Balaban J connectivity index is 1.88. The van der Waals surface area contributed by atoms with Gasteiger partial charge in [-0.15, -0.1) is 0 Å². The van der Waals surface area contributed by atoms with Gasteiger partial charge in [-0.1, -0.05) is 45.9 Å². The number of carboxylic acids is 1. The van der Waals surface area contributed by atoms with E-state index in [0.717, 1.165) is 19.3 Å². The first-order valence-electron chi connectivity index (χ1n) is 11.7. The number of carbonyl (C=O) groups is 2. The highest BCUT2D eigenvalue weighted by Crippen LogP contribution is 2.54. The van der Waals surface area contributed by atoms with Crippen molar-refractivity contribution in [2.24, 2.45) is 35.0 Å². The lowest BCUT2D eigenvalue weighted by Gasteiger charge is -2.50. The van der Waals surface area contributed by atoms with Crippen molar-refractivity contribution < 1.29 is 24.5 Å². The molecule has 0 amide bonds. The number of allylic oxidation sites excluding steroid dienone is 4. The van der Waals surface area contributed by atoms with E-state index >= 15 is 0 Å². The van der Waals surface area contributed by atoms with Gasteiger partial charge in [0.2, 0.25) is 0 Å². The Labute approximate surface area is 180 Å². The number of aliphatic hydroxyl groups is 1. The van der Waals surface area contributed by atoms with Gasteiger partial charge in [-0.25, -0.2) is 0 Å². The van der Waals surface area contributed by atoms with Crippen molar-refractivity contribution in [1.29, 1.82) is 0 Å². The van der Waals surface area contributed by atoms with Crippen LogP contribution in [0.1, 0.15) is 72.6 Å². The first kappa shape index (κ1) is 23.1. The molecule has 1 fully saturated rings. The van der Waals surface area contributed by atoms with E-state index in [-0.39, 0.29) is 30.3 Å². The van der Waals surface area contributed by atoms with E-state index in [4.69, 9.17) is 4.74 Å². The van der Waals surface area contributed by atoms with E-state index in [9.17, 15) is 19.8 Å². The molecule has 3 rings (SSSR count). The molecule has 1 aliphatic heterocycles. The molecular formula is C25H38O5. The molecule has 1 heterocycles. The van der Waals surface area contributed by atoms with Crippen LogP contribution in [0, 0.1) is 35.0 Å². The second-order valence-electron chi connectivity index (χ2n) is 9.85. The number of aliphatic hydroxyl groups excluding tert-OH is 1. The summed E-state index contributed by atoms with van der Waals surface area (Å²) < 4.78 is 5.49. The van der Waals surface area contributed by atoms with Crippen LogP contribution in [0.5, 0.6) is 0 Å². The van der Waals surface area contributed by atoms with Crippen molar-refractivity contribution in [1.82, 2.24) is 0 Å². The summed E-state index contributed by atoms with van der Waals surface area (Å²) in [6.07, 6.45) is 10.3. The molecule has 3 aliphatic rings. The summed E-state index contributed by atoms with van der Waals surface area (Å²) in [6, 6.07) is 0. The molecule has 5 nitrogen and oxygen atoms in total. The molecule has 1 saturated heterocycles. The van der Waals surface area contributed by atoms with Crippen molar-refractivity contribution in [3.8, 4) is 0 Å². The molecule has 2 aliphatic carbocycles. The largest absolute Gasteiger partial charge is 0.481 e. The average molecular weight is 419 g/mol. The number of fused-ring (bicyclic) bond motifs is 1. The zero-order valence-corrected chi connectivity index (χ0v) is 18.8. The van der Waals surface area contributed by atoms with Gasteiger partial charge >= 0.3 is 11.9 Å². The molecule has 7 atom stereocenters. The first-order valence-corrected chi connectivity index (χ1v) is 11.7. The number of carbonyl (C=O) groups excluding carboxylic acids is 1. The lowest BCUT2D eigenvalue weighted by Crippen LogP contribution is -2.47. The van der Waals surface area contributed by atoms with Crippen molar-refractivity contribution in [3.63, 3.8) is 0 Å². The number of aliphatic carboxylic acids is 1. The highest BCUT2D eigenvalue weighted by molar-refractivity contribution is 5.75. The third-order valence-electron chi connectivity index (χ3n) is 8.10. The maximum atomic E-state index is 12.5. The number of cyclic esters (lactones) is 1. The molecule has 0 spiro atoms. The third-order valence-corrected chi connectivity index (χ3v) is 8.10. The molecule has 0 aromatic heterocycles. The molecule has 0 aromatic rings. The van der Waals surface area contributed by atoms with E-state index in [1.54, 1.807) is 0 Å². The third kappa shape index (κ3) is 4.37. The summed E-state index contributed by atoms with van der Waals surface area (Å²) >= 11 is 0. The molecule has 0 radical (unpaired) electrons. The van der Waals surface area contributed by atoms with Crippen LogP contribution < -0.4 is 0 Å². The summed E-state index contributed by atoms with van der Waals surface area (Å²) in [4.78, 5) is 24.2. The maximum Gasteiger partial charge on any atom is 0.309 e. The highest BCUT2D eigenvalue weighted by Gasteiger charge is 2.51. The van der Waals surface area contributed by atoms with Crippen molar-refractivity contribution in [2.75, 3.05) is 0 Å². The van der Waals surface area contributed by atoms with Gasteiger partial charge in [-0.3, -0.25) is 9.59 Å². The van der Waals surface area contributed by atoms with Gasteiger partial charge in [0.15, 0.2) is 0 Å². The average Bonchev–Trinajstić information content (AvgIpc) is 2.67. The zero-order valence-electron chi connectivity index (χ0n) is 18.8. The fraction of sp³-hybridized carbons (Fsp3) is 0.760. The monoisotopic (exact) mass is 418 g/mol. The van der Waals surface area contributed by atoms with Gasteiger partial charge in [0.25, 0.3) is 0 Å². The maximum absolute atomic E-state index is 12.5. The predicted molar refractivity (Wildman–Crippen MR) is 116 cm³/mol. The van der Waals surface area contributed by atoms with E-state index in [2.05, 4.69) is 32.1 Å². The van der Waals surface area contributed by atoms with Crippen molar-refractivity contribution in [2.45, 2.75) is 84.8 Å². The smallest absolute Gasteiger partial charge is 0.309 e. The van der Waals surface area contributed by atoms with E-state index < -0.39 is 17.5 Å². The van der Waals surface area contributed by atoms with Crippen LogP contribution in [0.2, 0.25) is 0 Å². The fourth-order valence-corrected chi connectivity index (χ4v) is 6.40. The highest BCUT2D eigenvalue weighted by atomic mass is 16.5. The number of hydrogen-bond acceptors (Lipinski definition) is 4. The minimum atomic E-state index is -0.713. The van der Waals surface area contributed by atoms with Crippen LogP contribution in [0.3, 0.4) is 0 Å². The summed E-state index contributed by atoms with van der Waals surface area (Å²) in [7, 11) is 0. The van der Waals surface area contributed by atoms with E-state index in [1.807, 2.05) is 13.8 Å². The van der Waals surface area contributed by atoms with Gasteiger partial charge in [0.05, 0.1) is 17.9 Å². The number of ether oxygens (including phenoxy) is 1. The molecule has 0 aromatic carbocycles. The van der Waals surface area contributed by atoms with Crippen LogP contribution in [0.15, 0.2) is 23.8 Å². The quantitative estimate of drug-likeness (QED) is 0.583. The number of carboxylic acid groups (broad SMARTS) is 1. The Morgan fingerprint density at radius 1 is 1.20 bits per heavy atom. The Hall–Kier alpha value is -1.62. The van der Waals surface area contributed by atoms with Gasteiger partial charge in [0, 0.05) is 6.42 Å². The number of rotatable bonds is 7. The van der Waals surface area contributed by atoms with Crippen molar-refractivity contribution in [3.05, 3.63) is 23.8 Å². The minimum absolute atomic E-state index is 0.0860. The molecule has 0 bridgehead atoms. The second kappa shape index (κ2) is 9.25. The molecule has 2 N–H and O–H groups in total. The standard InChI is InChI=1S/C25H38O5/c1-5-25(6-2,24(28)29)21-12-15(3)11-17-8-7-16(4)20(23(17)21)10-9-19-13-18(26)14-22(27)30-19/h7-8,11,15-16,18-21,23,26H,5-6,9-10,12-14H2,1-4H3,(H,28,29)/t15-,16-,18+,19+,20-,21-,23+/m0/s1. The molecule has 0 unspecified atom stereocenters. The Bertz CT molecular complexity index is 704. The van der Waals surface area contributed by atoms with Crippen LogP contribution in [-0.4, -0.2) is 34.4 Å². The first-order chi connectivity index (χ1) is 14.2. The zero-order chi connectivity index (χ0) is 22.1. The second-order valence-corrected chi connectivity index (χ2v) is 9.85. The lowest BCUT2D eigenvalue weighted by atomic mass is 9.53. The summed E-state index contributed by atoms with van der Waals surface area (Å²) in [6.45, 7) is 8.44. The van der Waals surface area contributed by atoms with Crippen LogP contribution in [-0.2, 0) is 14.3 Å². The Morgan fingerprint density at radius 3 is 2.50 bits per heavy atom. The number of hydrogen-bond donors (Lipinski definition) is 2. The van der Waals surface area contributed by atoms with Crippen LogP contribution in [0.4, 0.5) is 0 Å². The normalized spacial score (nSPS) is 36.6. The summed E-state index contributed by atoms with van der Waals surface area (Å²) in [5, 5.41) is 20.2. The predicted octanol–water partition coefficient (Wildman–Crippen LogP) is 4.74. The molecule has 5 heteroatoms. The summed E-state index contributed by atoms with van der Waals surface area (Å²) in [5.41, 5.74) is 0.574. The molecule has 30 heavy (non-hydrogen) atoms. The van der Waals surface area contributed by atoms with Gasteiger partial charge < -0.3 is 14.9 Å². The van der Waals surface area contributed by atoms with Crippen LogP contribution >= 0.6 is 0 Å². The minimum Gasteiger partial charge on any atom is -0.481 e. The Morgan fingerprint density at radius 2 is 1.90 bits per heavy atom. The topological polar surface area (TPSA) is 83.8 Å².